The van der Waals surface area contributed by atoms with Gasteiger partial charge in [0.05, 0.1) is 0 Å². The molecule has 0 radical (unpaired) electrons. The van der Waals surface area contributed by atoms with Gasteiger partial charge in [-0.3, -0.25) is 0 Å². The van der Waals surface area contributed by atoms with Crippen molar-refractivity contribution in [3.8, 4) is 11.1 Å². The minimum absolute atomic E-state index is 0.0717. The van der Waals surface area contributed by atoms with Crippen molar-refractivity contribution in [3.63, 3.8) is 0 Å². The summed E-state index contributed by atoms with van der Waals surface area (Å²) in [5.74, 6) is 0.241. The minimum Gasteiger partial charge on any atom is -0.207 e. The third-order valence-corrected chi connectivity index (χ3v) is 8.23. The molecule has 182 valence electrons. The molecule has 2 aliphatic carbocycles. The molecule has 4 rings (SSSR count). The fraction of sp³-hybridized carbons (Fsp3) is 0.484. The van der Waals surface area contributed by atoms with Crippen LogP contribution in [0.5, 0.6) is 0 Å². The predicted molar refractivity (Wildman–Crippen MR) is 135 cm³/mol. The fourth-order valence-electron chi connectivity index (χ4n) is 6.31. The van der Waals surface area contributed by atoms with Crippen LogP contribution in [0.2, 0.25) is 0 Å². The number of hydrogen-bond donors (Lipinski definition) is 0. The Balaban J connectivity index is 1.45. The van der Waals surface area contributed by atoms with Crippen LogP contribution in [0.3, 0.4) is 0 Å². The molecular formula is C31H37F3. The molecule has 2 saturated carbocycles. The Morgan fingerprint density at radius 2 is 1.71 bits per heavy atom. The molecule has 2 aromatic carbocycles. The van der Waals surface area contributed by atoms with Crippen LogP contribution in [-0.4, -0.2) is 0 Å². The zero-order chi connectivity index (χ0) is 24.1. The van der Waals surface area contributed by atoms with E-state index in [1.807, 2.05) is 0 Å². The van der Waals surface area contributed by atoms with Gasteiger partial charge in [0, 0.05) is 5.56 Å². The highest BCUT2D eigenvalue weighted by Crippen LogP contribution is 2.49. The maximum absolute atomic E-state index is 15.3. The van der Waals surface area contributed by atoms with Crippen molar-refractivity contribution < 1.29 is 13.2 Å². The average molecular weight is 467 g/mol. The second-order valence-electron chi connectivity index (χ2n) is 10.3. The van der Waals surface area contributed by atoms with Crippen molar-refractivity contribution in [1.29, 1.82) is 0 Å². The molecule has 0 nitrogen and oxygen atoms in total. The maximum atomic E-state index is 15.3. The number of benzene rings is 2. The van der Waals surface area contributed by atoms with Crippen molar-refractivity contribution in [3.05, 3.63) is 83.7 Å². The van der Waals surface area contributed by atoms with E-state index in [9.17, 15) is 4.39 Å². The summed E-state index contributed by atoms with van der Waals surface area (Å²) in [4.78, 5) is 0. The highest BCUT2D eigenvalue weighted by Gasteiger charge is 2.37. The van der Waals surface area contributed by atoms with Crippen LogP contribution in [0.4, 0.5) is 13.2 Å². The Kier molecular flexibility index (Phi) is 8.34. The van der Waals surface area contributed by atoms with Crippen LogP contribution in [0.15, 0.2) is 55.1 Å². The summed E-state index contributed by atoms with van der Waals surface area (Å²) in [6, 6.07) is 8.03. The number of allylic oxidation sites excluding steroid dienone is 3. The molecule has 2 fully saturated rings. The van der Waals surface area contributed by atoms with Gasteiger partial charge in [-0.25, -0.2) is 13.2 Å². The van der Waals surface area contributed by atoms with Gasteiger partial charge < -0.3 is 0 Å². The van der Waals surface area contributed by atoms with E-state index in [-0.39, 0.29) is 17.3 Å². The highest BCUT2D eigenvalue weighted by atomic mass is 19.2. The summed E-state index contributed by atoms with van der Waals surface area (Å²) in [5.41, 5.74) is 1.57. The summed E-state index contributed by atoms with van der Waals surface area (Å²) in [6.07, 6.45) is 16.5. The molecule has 0 amide bonds. The van der Waals surface area contributed by atoms with Gasteiger partial charge in [-0.05, 0) is 111 Å². The van der Waals surface area contributed by atoms with E-state index in [1.54, 1.807) is 30.3 Å². The summed E-state index contributed by atoms with van der Waals surface area (Å²) >= 11 is 0. The van der Waals surface area contributed by atoms with Gasteiger partial charge in [0.25, 0.3) is 0 Å². The Labute approximate surface area is 203 Å². The van der Waals surface area contributed by atoms with Crippen LogP contribution in [0.1, 0.15) is 81.8 Å². The average Bonchev–Trinajstić information content (AvgIpc) is 2.85. The molecule has 0 bridgehead atoms. The molecule has 34 heavy (non-hydrogen) atoms. The van der Waals surface area contributed by atoms with E-state index in [2.05, 4.69) is 25.7 Å². The third kappa shape index (κ3) is 5.50. The van der Waals surface area contributed by atoms with Crippen molar-refractivity contribution >= 4 is 0 Å². The smallest absolute Gasteiger partial charge is 0.166 e. The molecular weight excluding hydrogens is 429 g/mol. The molecule has 3 heteroatoms. The first-order valence-corrected chi connectivity index (χ1v) is 13.0. The van der Waals surface area contributed by atoms with Gasteiger partial charge in [0.2, 0.25) is 0 Å². The van der Waals surface area contributed by atoms with E-state index in [4.69, 9.17) is 0 Å². The lowest BCUT2D eigenvalue weighted by Crippen LogP contribution is -2.30. The Morgan fingerprint density at radius 3 is 2.47 bits per heavy atom. The summed E-state index contributed by atoms with van der Waals surface area (Å²) in [5, 5.41) is 0. The molecule has 0 aromatic heterocycles. The molecule has 2 aliphatic rings. The number of hydrogen-bond acceptors (Lipinski definition) is 0. The summed E-state index contributed by atoms with van der Waals surface area (Å²) in [7, 11) is 0. The topological polar surface area (TPSA) is 0 Å². The Bertz CT molecular complexity index is 1020. The largest absolute Gasteiger partial charge is 0.207 e. The van der Waals surface area contributed by atoms with E-state index in [0.29, 0.717) is 35.4 Å². The first kappa shape index (κ1) is 24.8. The molecule has 0 spiro atoms. The van der Waals surface area contributed by atoms with Crippen LogP contribution >= 0.6 is 0 Å². The van der Waals surface area contributed by atoms with Crippen molar-refractivity contribution in [2.75, 3.05) is 0 Å². The van der Waals surface area contributed by atoms with Crippen LogP contribution in [0.25, 0.3) is 11.1 Å². The molecule has 0 heterocycles. The zero-order valence-corrected chi connectivity index (χ0v) is 20.3. The summed E-state index contributed by atoms with van der Waals surface area (Å²) < 4.78 is 44.9. The lowest BCUT2D eigenvalue weighted by molar-refractivity contribution is 0.114. The van der Waals surface area contributed by atoms with Crippen molar-refractivity contribution in [2.45, 2.75) is 77.0 Å². The number of halogens is 3. The molecule has 4 atom stereocenters. The standard InChI is InChI=1S/C31H37F3/c1-3-5-7-8-21-10-11-24-19-25(15-13-23(24)18-21)27-16-17-28(31(34)30(27)33)26-14-12-22(9-6-4-2)29(32)20-26/h3-5,12,14,16-17,20-21,23-25H,2,6-11,13,15,18-19H2,1H3/b5-3+. The van der Waals surface area contributed by atoms with E-state index < -0.39 is 11.6 Å². The van der Waals surface area contributed by atoms with E-state index in [0.717, 1.165) is 31.1 Å². The van der Waals surface area contributed by atoms with E-state index >= 15 is 8.78 Å². The third-order valence-electron chi connectivity index (χ3n) is 8.23. The number of aryl methyl sites for hydroxylation is 1. The van der Waals surface area contributed by atoms with Gasteiger partial charge in [-0.15, -0.1) is 6.58 Å². The van der Waals surface area contributed by atoms with Crippen molar-refractivity contribution in [2.24, 2.45) is 17.8 Å². The van der Waals surface area contributed by atoms with Gasteiger partial charge in [0.15, 0.2) is 11.6 Å². The van der Waals surface area contributed by atoms with Crippen LogP contribution in [-0.2, 0) is 6.42 Å². The van der Waals surface area contributed by atoms with Gasteiger partial charge >= 0.3 is 0 Å². The van der Waals surface area contributed by atoms with Crippen LogP contribution < -0.4 is 0 Å². The second kappa shape index (κ2) is 11.4. The van der Waals surface area contributed by atoms with Crippen molar-refractivity contribution in [1.82, 2.24) is 0 Å². The monoisotopic (exact) mass is 466 g/mol. The molecule has 4 unspecified atom stereocenters. The first-order valence-electron chi connectivity index (χ1n) is 13.0. The number of rotatable bonds is 8. The maximum Gasteiger partial charge on any atom is 0.166 e. The predicted octanol–water partition coefficient (Wildman–Crippen LogP) is 9.55. The van der Waals surface area contributed by atoms with Gasteiger partial charge in [-0.1, -0.05) is 48.9 Å². The highest BCUT2D eigenvalue weighted by molar-refractivity contribution is 5.65. The zero-order valence-electron chi connectivity index (χ0n) is 20.3. The van der Waals surface area contributed by atoms with Crippen LogP contribution in [0, 0.1) is 35.2 Å². The number of fused-ring (bicyclic) bond motifs is 1. The van der Waals surface area contributed by atoms with E-state index in [1.165, 1.54) is 38.2 Å². The molecule has 0 saturated heterocycles. The first-order chi connectivity index (χ1) is 16.5. The summed E-state index contributed by atoms with van der Waals surface area (Å²) in [6.45, 7) is 5.74. The Morgan fingerprint density at radius 1 is 0.912 bits per heavy atom. The molecule has 2 aromatic rings. The van der Waals surface area contributed by atoms with Gasteiger partial charge in [-0.2, -0.15) is 0 Å². The fourth-order valence-corrected chi connectivity index (χ4v) is 6.31. The lowest BCUT2D eigenvalue weighted by atomic mass is 9.63. The minimum atomic E-state index is -0.856. The normalized spacial score (nSPS) is 24.8. The SMILES string of the molecule is C=CCCc1ccc(-c2ccc(C3CCC4CC(CC/C=C/C)CCC4C3)c(F)c2F)cc1F. The van der Waals surface area contributed by atoms with Gasteiger partial charge in [0.1, 0.15) is 5.82 Å². The lowest BCUT2D eigenvalue weighted by Gasteiger charge is -2.42. The second-order valence-corrected chi connectivity index (χ2v) is 10.3. The quantitative estimate of drug-likeness (QED) is 0.340. The molecule has 0 aliphatic heterocycles. The Hall–Kier alpha value is -2.29. The molecule has 0 N–H and O–H groups in total.